The zero-order chi connectivity index (χ0) is 20.4. The number of rotatable bonds is 6. The summed E-state index contributed by atoms with van der Waals surface area (Å²) in [5.41, 5.74) is 4.44. The van der Waals surface area contributed by atoms with Crippen molar-refractivity contribution < 1.29 is 9.47 Å². The van der Waals surface area contributed by atoms with Crippen LogP contribution in [0.5, 0.6) is 11.5 Å². The molecule has 2 aromatic carbocycles. The molecule has 0 saturated carbocycles. The van der Waals surface area contributed by atoms with Crippen molar-refractivity contribution in [1.29, 1.82) is 0 Å². The fraction of sp³-hybridized carbons (Fsp3) is 0.217. The lowest BCUT2D eigenvalue weighted by Gasteiger charge is -2.12. The predicted octanol–water partition coefficient (Wildman–Crippen LogP) is 6.24. The van der Waals surface area contributed by atoms with Gasteiger partial charge < -0.3 is 14.8 Å². The first-order valence-corrected chi connectivity index (χ1v) is 10.3. The quantitative estimate of drug-likeness (QED) is 0.411. The Labute approximate surface area is 174 Å². The van der Waals surface area contributed by atoms with E-state index in [0.29, 0.717) is 17.4 Å². The first-order valence-electron chi connectivity index (χ1n) is 9.41. The molecule has 29 heavy (non-hydrogen) atoms. The number of nitrogens with zero attached hydrogens (tertiary/aromatic N) is 2. The van der Waals surface area contributed by atoms with Gasteiger partial charge in [-0.1, -0.05) is 38.1 Å². The fourth-order valence-corrected chi connectivity index (χ4v) is 4.16. The van der Waals surface area contributed by atoms with Crippen LogP contribution in [0.2, 0.25) is 0 Å². The summed E-state index contributed by atoms with van der Waals surface area (Å²) in [5.74, 6) is 2.69. The van der Waals surface area contributed by atoms with E-state index in [2.05, 4.69) is 58.8 Å². The van der Waals surface area contributed by atoms with Crippen LogP contribution in [-0.2, 0) is 0 Å². The fourth-order valence-electron chi connectivity index (χ4n) is 3.25. The van der Waals surface area contributed by atoms with Crippen molar-refractivity contribution in [3.63, 3.8) is 0 Å². The second-order valence-electron chi connectivity index (χ2n) is 7.05. The second kappa shape index (κ2) is 8.09. The molecule has 0 saturated heterocycles. The van der Waals surface area contributed by atoms with Gasteiger partial charge in [0, 0.05) is 34.8 Å². The van der Waals surface area contributed by atoms with E-state index in [1.54, 1.807) is 31.9 Å². The number of hydrogen-bond acceptors (Lipinski definition) is 6. The number of benzene rings is 2. The summed E-state index contributed by atoms with van der Waals surface area (Å²) < 4.78 is 10.8. The maximum absolute atomic E-state index is 5.38. The molecule has 0 aliphatic rings. The number of hydrogen-bond donors (Lipinski definition) is 1. The minimum absolute atomic E-state index is 0.506. The maximum atomic E-state index is 5.38. The van der Waals surface area contributed by atoms with Gasteiger partial charge in [0.05, 0.1) is 19.6 Å². The molecule has 2 heterocycles. The van der Waals surface area contributed by atoms with Crippen LogP contribution in [0.15, 0.2) is 54.2 Å². The summed E-state index contributed by atoms with van der Waals surface area (Å²) >= 11 is 1.62. The molecule has 0 radical (unpaired) electrons. The first kappa shape index (κ1) is 19.2. The topological polar surface area (TPSA) is 56.3 Å². The minimum Gasteiger partial charge on any atom is -0.497 e. The molecular weight excluding hydrogens is 382 g/mol. The Kier molecular flexibility index (Phi) is 5.36. The molecule has 0 atom stereocenters. The van der Waals surface area contributed by atoms with E-state index in [1.165, 1.54) is 5.56 Å². The van der Waals surface area contributed by atoms with Gasteiger partial charge in [0.25, 0.3) is 0 Å². The first-order chi connectivity index (χ1) is 14.1. The Morgan fingerprint density at radius 3 is 2.24 bits per heavy atom. The van der Waals surface area contributed by atoms with Crippen molar-refractivity contribution in [2.75, 3.05) is 19.5 Å². The van der Waals surface area contributed by atoms with Gasteiger partial charge in [-0.25, -0.2) is 9.97 Å². The smallest absolute Gasteiger partial charge is 0.143 e. The molecule has 0 unspecified atom stereocenters. The molecule has 148 valence electrons. The van der Waals surface area contributed by atoms with Crippen molar-refractivity contribution in [2.24, 2.45) is 0 Å². The number of methoxy groups -OCH3 is 2. The predicted molar refractivity (Wildman–Crippen MR) is 120 cm³/mol. The highest BCUT2D eigenvalue weighted by Crippen LogP contribution is 2.38. The van der Waals surface area contributed by atoms with E-state index in [4.69, 9.17) is 9.47 Å². The Hall–Kier alpha value is -3.12. The van der Waals surface area contributed by atoms with E-state index < -0.39 is 0 Å². The van der Waals surface area contributed by atoms with Gasteiger partial charge >= 0.3 is 0 Å². The van der Waals surface area contributed by atoms with Crippen LogP contribution in [0.4, 0.5) is 11.5 Å². The average Bonchev–Trinajstić information content (AvgIpc) is 3.18. The van der Waals surface area contributed by atoms with Crippen LogP contribution in [0, 0.1) is 0 Å². The van der Waals surface area contributed by atoms with Crippen LogP contribution in [0.25, 0.3) is 21.3 Å². The summed E-state index contributed by atoms with van der Waals surface area (Å²) in [6.07, 6.45) is 1.59. The number of fused-ring (bicyclic) bond motifs is 1. The molecule has 1 N–H and O–H groups in total. The molecule has 0 fully saturated rings. The monoisotopic (exact) mass is 405 g/mol. The lowest BCUT2D eigenvalue weighted by Crippen LogP contribution is -1.97. The summed E-state index contributed by atoms with van der Waals surface area (Å²) in [7, 11) is 3.28. The SMILES string of the molecule is COc1cc(Nc2ncnc3scc(-c4ccc(C(C)C)cc4)c23)cc(OC)c1. The average molecular weight is 406 g/mol. The zero-order valence-corrected chi connectivity index (χ0v) is 17.7. The Morgan fingerprint density at radius 1 is 0.931 bits per heavy atom. The Morgan fingerprint density at radius 2 is 1.62 bits per heavy atom. The van der Waals surface area contributed by atoms with Crippen LogP contribution < -0.4 is 14.8 Å². The number of anilines is 2. The normalized spacial score (nSPS) is 11.1. The van der Waals surface area contributed by atoms with Crippen LogP contribution >= 0.6 is 11.3 Å². The lowest BCUT2D eigenvalue weighted by atomic mass is 9.99. The van der Waals surface area contributed by atoms with Gasteiger partial charge in [-0.15, -0.1) is 11.3 Å². The lowest BCUT2D eigenvalue weighted by molar-refractivity contribution is 0.395. The second-order valence-corrected chi connectivity index (χ2v) is 7.91. The minimum atomic E-state index is 0.506. The van der Waals surface area contributed by atoms with E-state index in [9.17, 15) is 0 Å². The van der Waals surface area contributed by atoms with Crippen molar-refractivity contribution in [2.45, 2.75) is 19.8 Å². The van der Waals surface area contributed by atoms with Crippen molar-refractivity contribution in [3.8, 4) is 22.6 Å². The third kappa shape index (κ3) is 3.89. The van der Waals surface area contributed by atoms with Crippen molar-refractivity contribution >= 4 is 33.1 Å². The van der Waals surface area contributed by atoms with Gasteiger partial charge in [0.2, 0.25) is 0 Å². The van der Waals surface area contributed by atoms with Crippen LogP contribution in [0.3, 0.4) is 0 Å². The van der Waals surface area contributed by atoms with Crippen LogP contribution in [-0.4, -0.2) is 24.2 Å². The summed E-state index contributed by atoms with van der Waals surface area (Å²) in [6.45, 7) is 4.40. The van der Waals surface area contributed by atoms with Crippen molar-refractivity contribution in [1.82, 2.24) is 9.97 Å². The third-order valence-corrected chi connectivity index (χ3v) is 5.76. The highest BCUT2D eigenvalue weighted by atomic mass is 32.1. The Bertz CT molecular complexity index is 1110. The molecule has 0 amide bonds. The molecule has 0 spiro atoms. The number of nitrogens with one attached hydrogen (secondary N) is 1. The maximum Gasteiger partial charge on any atom is 0.143 e. The standard InChI is InChI=1S/C23H23N3O2S/c1-14(2)15-5-7-16(8-6-15)20-12-29-23-21(20)22(24-13-25-23)26-17-9-18(27-3)11-19(10-17)28-4/h5-14H,1-4H3,(H,24,25,26). The van der Waals surface area contributed by atoms with E-state index in [1.807, 2.05) is 18.2 Å². The molecule has 0 aliphatic heterocycles. The highest BCUT2D eigenvalue weighted by Gasteiger charge is 2.14. The molecule has 4 rings (SSSR count). The molecule has 0 bridgehead atoms. The molecule has 0 aliphatic carbocycles. The summed E-state index contributed by atoms with van der Waals surface area (Å²) in [6, 6.07) is 14.4. The molecule has 5 nitrogen and oxygen atoms in total. The van der Waals surface area contributed by atoms with Gasteiger partial charge in [0.1, 0.15) is 28.5 Å². The van der Waals surface area contributed by atoms with E-state index >= 15 is 0 Å². The number of aromatic nitrogens is 2. The van der Waals surface area contributed by atoms with Gasteiger partial charge in [0.15, 0.2) is 0 Å². The Balaban J connectivity index is 1.77. The van der Waals surface area contributed by atoms with E-state index in [-0.39, 0.29) is 0 Å². The highest BCUT2D eigenvalue weighted by molar-refractivity contribution is 7.17. The third-order valence-electron chi connectivity index (χ3n) is 4.87. The van der Waals surface area contributed by atoms with Gasteiger partial charge in [-0.05, 0) is 17.0 Å². The zero-order valence-electron chi connectivity index (χ0n) is 16.9. The molecular formula is C23H23N3O2S. The largest absolute Gasteiger partial charge is 0.497 e. The summed E-state index contributed by atoms with van der Waals surface area (Å²) in [5, 5.41) is 6.57. The summed E-state index contributed by atoms with van der Waals surface area (Å²) in [4.78, 5) is 9.93. The van der Waals surface area contributed by atoms with Gasteiger partial charge in [-0.2, -0.15) is 0 Å². The number of ether oxygens (including phenoxy) is 2. The molecule has 6 heteroatoms. The number of thiophene rings is 1. The molecule has 2 aromatic heterocycles. The van der Waals surface area contributed by atoms with Crippen molar-refractivity contribution in [3.05, 3.63) is 59.7 Å². The molecule has 4 aromatic rings. The van der Waals surface area contributed by atoms with E-state index in [0.717, 1.165) is 32.8 Å². The van der Waals surface area contributed by atoms with Gasteiger partial charge in [-0.3, -0.25) is 0 Å². The van der Waals surface area contributed by atoms with Crippen LogP contribution in [0.1, 0.15) is 25.3 Å².